The second kappa shape index (κ2) is 7.73. The molecule has 6 heteroatoms. The molecule has 0 spiro atoms. The Labute approximate surface area is 121 Å². The first-order chi connectivity index (χ1) is 9.42. The van der Waals surface area contributed by atoms with E-state index >= 15 is 0 Å². The number of rotatable bonds is 8. The van der Waals surface area contributed by atoms with Crippen LogP contribution in [-0.4, -0.2) is 35.2 Å². The van der Waals surface area contributed by atoms with Crippen molar-refractivity contribution in [2.24, 2.45) is 0 Å². The molecule has 0 radical (unpaired) electrons. The summed E-state index contributed by atoms with van der Waals surface area (Å²) < 4.78 is 32.5. The zero-order chi connectivity index (χ0) is 15.2. The van der Waals surface area contributed by atoms with Gasteiger partial charge in [0.25, 0.3) is 0 Å². The van der Waals surface area contributed by atoms with Crippen LogP contribution in [0.3, 0.4) is 0 Å². The number of hydrogen-bond acceptors (Lipinski definition) is 4. The van der Waals surface area contributed by atoms with Gasteiger partial charge in [-0.1, -0.05) is 12.1 Å². The van der Waals surface area contributed by atoms with E-state index in [1.165, 1.54) is 0 Å². The van der Waals surface area contributed by atoms with Gasteiger partial charge in [0.05, 0.1) is 4.90 Å². The van der Waals surface area contributed by atoms with Gasteiger partial charge in [0.15, 0.2) is 0 Å². The van der Waals surface area contributed by atoms with E-state index in [1.54, 1.807) is 19.2 Å². The molecule has 1 aromatic rings. The topological polar surface area (TPSA) is 67.4 Å². The van der Waals surface area contributed by atoms with Crippen LogP contribution in [0, 0.1) is 6.92 Å². The van der Waals surface area contributed by atoms with Crippen LogP contribution in [0.25, 0.3) is 0 Å². The molecule has 1 unspecified atom stereocenters. The van der Waals surface area contributed by atoms with Crippen LogP contribution in [0.1, 0.15) is 24.5 Å². The monoisotopic (exact) mass is 300 g/mol. The standard InChI is InChI=1S/C14H24N2O3S/c1-11(8-9-19-4)16-20(17,18)14-7-5-6-13(10-15-3)12(14)2/h5-7,11,15-16H,8-10H2,1-4H3. The molecule has 0 saturated carbocycles. The molecule has 0 heterocycles. The SMILES string of the molecule is CNCc1cccc(S(=O)(=O)NC(C)CCOC)c1C. The summed E-state index contributed by atoms with van der Waals surface area (Å²) in [6.07, 6.45) is 0.644. The van der Waals surface area contributed by atoms with E-state index in [0.29, 0.717) is 24.5 Å². The minimum atomic E-state index is -3.49. The van der Waals surface area contributed by atoms with Crippen molar-refractivity contribution in [2.45, 2.75) is 37.8 Å². The van der Waals surface area contributed by atoms with Gasteiger partial charge in [-0.05, 0) is 44.5 Å². The molecular formula is C14H24N2O3S. The van der Waals surface area contributed by atoms with Crippen molar-refractivity contribution in [1.29, 1.82) is 0 Å². The summed E-state index contributed by atoms with van der Waals surface area (Å²) in [4.78, 5) is 0.342. The highest BCUT2D eigenvalue weighted by Crippen LogP contribution is 2.19. The van der Waals surface area contributed by atoms with Gasteiger partial charge in [0.1, 0.15) is 0 Å². The lowest BCUT2D eigenvalue weighted by molar-refractivity contribution is 0.188. The van der Waals surface area contributed by atoms with Gasteiger partial charge in [-0.15, -0.1) is 0 Å². The lowest BCUT2D eigenvalue weighted by Gasteiger charge is -2.16. The van der Waals surface area contributed by atoms with E-state index in [-0.39, 0.29) is 6.04 Å². The van der Waals surface area contributed by atoms with E-state index in [1.807, 2.05) is 27.0 Å². The molecule has 1 rings (SSSR count). The number of benzene rings is 1. The highest BCUT2D eigenvalue weighted by atomic mass is 32.2. The Bertz CT molecular complexity index is 529. The summed E-state index contributed by atoms with van der Waals surface area (Å²) in [7, 11) is -0.0520. The predicted octanol–water partition coefficient (Wildman–Crippen LogP) is 1.42. The van der Waals surface area contributed by atoms with Crippen molar-refractivity contribution in [3.63, 3.8) is 0 Å². The smallest absolute Gasteiger partial charge is 0.241 e. The zero-order valence-corrected chi connectivity index (χ0v) is 13.4. The number of hydrogen-bond donors (Lipinski definition) is 2. The normalized spacial score (nSPS) is 13.4. The van der Waals surface area contributed by atoms with Gasteiger partial charge in [0.2, 0.25) is 10.0 Å². The Kier molecular flexibility index (Phi) is 6.61. The fourth-order valence-corrected chi connectivity index (χ4v) is 3.58. The second-order valence-electron chi connectivity index (χ2n) is 4.87. The molecule has 0 saturated heterocycles. The summed E-state index contributed by atoms with van der Waals surface area (Å²) >= 11 is 0. The average Bonchev–Trinajstić information content (AvgIpc) is 2.38. The Hall–Kier alpha value is -0.950. The van der Waals surface area contributed by atoms with Crippen LogP contribution in [0.2, 0.25) is 0 Å². The Morgan fingerprint density at radius 3 is 2.65 bits per heavy atom. The van der Waals surface area contributed by atoms with Gasteiger partial charge >= 0.3 is 0 Å². The Morgan fingerprint density at radius 2 is 2.05 bits per heavy atom. The second-order valence-corrected chi connectivity index (χ2v) is 6.56. The van der Waals surface area contributed by atoms with Crippen LogP contribution in [0.5, 0.6) is 0 Å². The third-order valence-corrected chi connectivity index (χ3v) is 4.90. The molecule has 20 heavy (non-hydrogen) atoms. The average molecular weight is 300 g/mol. The summed E-state index contributed by atoms with van der Waals surface area (Å²) in [5, 5.41) is 3.04. The number of nitrogens with one attached hydrogen (secondary N) is 2. The van der Waals surface area contributed by atoms with Gasteiger partial charge in [-0.25, -0.2) is 13.1 Å². The number of sulfonamides is 1. The van der Waals surface area contributed by atoms with Crippen LogP contribution in [-0.2, 0) is 21.3 Å². The third-order valence-electron chi connectivity index (χ3n) is 3.16. The molecule has 114 valence electrons. The Balaban J connectivity index is 2.95. The maximum Gasteiger partial charge on any atom is 0.241 e. The molecule has 1 aromatic carbocycles. The molecule has 0 aliphatic carbocycles. The maximum atomic E-state index is 12.4. The highest BCUT2D eigenvalue weighted by Gasteiger charge is 2.20. The zero-order valence-electron chi connectivity index (χ0n) is 12.6. The largest absolute Gasteiger partial charge is 0.385 e. The molecule has 2 N–H and O–H groups in total. The molecular weight excluding hydrogens is 276 g/mol. The van der Waals surface area contributed by atoms with Gasteiger partial charge in [-0.3, -0.25) is 0 Å². The van der Waals surface area contributed by atoms with Crippen molar-refractivity contribution in [3.05, 3.63) is 29.3 Å². The number of ether oxygens (including phenoxy) is 1. The van der Waals surface area contributed by atoms with E-state index in [0.717, 1.165) is 11.1 Å². The molecule has 0 aromatic heterocycles. The van der Waals surface area contributed by atoms with Gasteiger partial charge < -0.3 is 10.1 Å². The molecule has 0 aliphatic heterocycles. The molecule has 5 nitrogen and oxygen atoms in total. The first-order valence-electron chi connectivity index (χ1n) is 6.66. The third kappa shape index (κ3) is 4.56. The van der Waals surface area contributed by atoms with Crippen molar-refractivity contribution < 1.29 is 13.2 Å². The fraction of sp³-hybridized carbons (Fsp3) is 0.571. The minimum absolute atomic E-state index is 0.160. The summed E-state index contributed by atoms with van der Waals surface area (Å²) in [5.41, 5.74) is 1.77. The van der Waals surface area contributed by atoms with E-state index < -0.39 is 10.0 Å². The quantitative estimate of drug-likeness (QED) is 0.762. The fourth-order valence-electron chi connectivity index (χ4n) is 2.01. The van der Waals surface area contributed by atoms with Crippen molar-refractivity contribution >= 4 is 10.0 Å². The van der Waals surface area contributed by atoms with E-state index in [2.05, 4.69) is 10.0 Å². The molecule has 0 fully saturated rings. The van der Waals surface area contributed by atoms with Crippen LogP contribution in [0.4, 0.5) is 0 Å². The van der Waals surface area contributed by atoms with E-state index in [4.69, 9.17) is 4.74 Å². The Morgan fingerprint density at radius 1 is 1.35 bits per heavy atom. The van der Waals surface area contributed by atoms with Crippen molar-refractivity contribution in [2.75, 3.05) is 20.8 Å². The summed E-state index contributed by atoms with van der Waals surface area (Å²) in [6.45, 7) is 4.85. The minimum Gasteiger partial charge on any atom is -0.385 e. The highest BCUT2D eigenvalue weighted by molar-refractivity contribution is 7.89. The van der Waals surface area contributed by atoms with E-state index in [9.17, 15) is 8.42 Å². The van der Waals surface area contributed by atoms with Crippen molar-refractivity contribution in [3.8, 4) is 0 Å². The molecule has 0 aliphatic rings. The summed E-state index contributed by atoms with van der Waals surface area (Å²) in [5.74, 6) is 0. The maximum absolute atomic E-state index is 12.4. The number of methoxy groups -OCH3 is 1. The van der Waals surface area contributed by atoms with Gasteiger partial charge in [0, 0.05) is 26.3 Å². The van der Waals surface area contributed by atoms with Crippen LogP contribution in [0.15, 0.2) is 23.1 Å². The molecule has 0 amide bonds. The van der Waals surface area contributed by atoms with Crippen molar-refractivity contribution in [1.82, 2.24) is 10.0 Å². The summed E-state index contributed by atoms with van der Waals surface area (Å²) in [6, 6.07) is 5.18. The van der Waals surface area contributed by atoms with Crippen LogP contribution >= 0.6 is 0 Å². The first-order valence-corrected chi connectivity index (χ1v) is 8.15. The van der Waals surface area contributed by atoms with Gasteiger partial charge in [-0.2, -0.15) is 0 Å². The first kappa shape index (κ1) is 17.1. The molecule has 0 bridgehead atoms. The lowest BCUT2D eigenvalue weighted by atomic mass is 10.1. The lowest BCUT2D eigenvalue weighted by Crippen LogP contribution is -2.34. The van der Waals surface area contributed by atoms with Crippen LogP contribution < -0.4 is 10.0 Å². The molecule has 1 atom stereocenters. The predicted molar refractivity (Wildman–Crippen MR) is 80.2 cm³/mol.